The topological polar surface area (TPSA) is 92.8 Å². The van der Waals surface area contributed by atoms with Gasteiger partial charge in [-0.3, -0.25) is 0 Å². The van der Waals surface area contributed by atoms with Gasteiger partial charge in [0.1, 0.15) is 5.71 Å². The molecule has 0 aromatic heterocycles. The van der Waals surface area contributed by atoms with E-state index in [9.17, 15) is 9.59 Å². The lowest BCUT2D eigenvalue weighted by Crippen LogP contribution is -2.16. The van der Waals surface area contributed by atoms with Crippen LogP contribution in [0.25, 0.3) is 0 Å². The second-order valence-electron chi connectivity index (χ2n) is 1.56. The molecule has 0 aliphatic heterocycles. The Morgan fingerprint density at radius 2 is 2.10 bits per heavy atom. The van der Waals surface area contributed by atoms with Gasteiger partial charge in [0.15, 0.2) is 0 Å². The fourth-order valence-corrected chi connectivity index (χ4v) is 0.411. The second kappa shape index (κ2) is 3.60. The number of primary amides is 1. The molecular weight excluding hydrogens is 136 g/mol. The van der Waals surface area contributed by atoms with Crippen molar-refractivity contribution in [3.8, 4) is 0 Å². The van der Waals surface area contributed by atoms with Crippen LogP contribution in [0, 0.1) is 0 Å². The highest BCUT2D eigenvalue weighted by atomic mass is 16.4. The molecule has 0 unspecified atom stereocenters. The Balaban J connectivity index is 4.34. The maximum absolute atomic E-state index is 10.1. The zero-order chi connectivity index (χ0) is 8.15. The van der Waals surface area contributed by atoms with Crippen LogP contribution in [-0.4, -0.2) is 22.8 Å². The number of carboxylic acids is 1. The number of rotatable bonds is 2. The van der Waals surface area contributed by atoms with Gasteiger partial charge < -0.3 is 10.8 Å². The van der Waals surface area contributed by atoms with E-state index < -0.39 is 12.0 Å². The van der Waals surface area contributed by atoms with Crippen molar-refractivity contribution >= 4 is 17.7 Å². The Kier molecular flexibility index (Phi) is 3.10. The van der Waals surface area contributed by atoms with Gasteiger partial charge >= 0.3 is 12.0 Å². The summed E-state index contributed by atoms with van der Waals surface area (Å²) < 4.78 is 0. The molecule has 0 spiro atoms. The van der Waals surface area contributed by atoms with Crippen LogP contribution in [0.1, 0.15) is 13.3 Å². The minimum Gasteiger partial charge on any atom is -0.477 e. The van der Waals surface area contributed by atoms with E-state index in [4.69, 9.17) is 5.11 Å². The fourth-order valence-electron chi connectivity index (χ4n) is 0.411. The van der Waals surface area contributed by atoms with Gasteiger partial charge in [0, 0.05) is 0 Å². The number of nitrogens with two attached hydrogens (primary N) is 1. The fraction of sp³-hybridized carbons (Fsp3) is 0.400. The molecule has 2 amide bonds. The van der Waals surface area contributed by atoms with Crippen LogP contribution in [0.5, 0.6) is 0 Å². The van der Waals surface area contributed by atoms with Crippen molar-refractivity contribution in [3.63, 3.8) is 0 Å². The number of carboxylic acid groups (broad SMARTS) is 1. The lowest BCUT2D eigenvalue weighted by molar-refractivity contribution is -0.129. The van der Waals surface area contributed by atoms with E-state index in [0.717, 1.165) is 0 Å². The summed E-state index contributed by atoms with van der Waals surface area (Å²) in [5.74, 6) is -1.21. The van der Waals surface area contributed by atoms with Crippen molar-refractivity contribution in [3.05, 3.63) is 0 Å². The SMILES string of the molecule is CC/C(=N\C(N)=O)C(=O)O. The van der Waals surface area contributed by atoms with Crippen LogP contribution in [0.2, 0.25) is 0 Å². The van der Waals surface area contributed by atoms with Crippen molar-refractivity contribution in [1.29, 1.82) is 0 Å². The first-order chi connectivity index (χ1) is 4.57. The molecule has 3 N–H and O–H groups in total. The first kappa shape index (κ1) is 8.61. The summed E-state index contributed by atoms with van der Waals surface area (Å²) in [6.07, 6.45) is 0.193. The smallest absolute Gasteiger partial charge is 0.350 e. The van der Waals surface area contributed by atoms with Crippen molar-refractivity contribution in [2.45, 2.75) is 13.3 Å². The van der Waals surface area contributed by atoms with Crippen molar-refractivity contribution in [2.75, 3.05) is 0 Å². The molecule has 0 aliphatic carbocycles. The Labute approximate surface area is 57.6 Å². The summed E-state index contributed by atoms with van der Waals surface area (Å²) in [5.41, 5.74) is 4.40. The lowest BCUT2D eigenvalue weighted by atomic mass is 10.3. The highest BCUT2D eigenvalue weighted by molar-refractivity contribution is 6.37. The van der Waals surface area contributed by atoms with Crippen LogP contribution < -0.4 is 5.73 Å². The first-order valence-corrected chi connectivity index (χ1v) is 2.68. The summed E-state index contributed by atoms with van der Waals surface area (Å²) >= 11 is 0. The number of nitrogens with zero attached hydrogens (tertiary/aromatic N) is 1. The molecule has 0 fully saturated rings. The van der Waals surface area contributed by atoms with Gasteiger partial charge in [0.05, 0.1) is 0 Å². The lowest BCUT2D eigenvalue weighted by Gasteiger charge is -1.91. The monoisotopic (exact) mass is 144 g/mol. The molecule has 0 atom stereocenters. The van der Waals surface area contributed by atoms with Gasteiger partial charge in [-0.15, -0.1) is 0 Å². The van der Waals surface area contributed by atoms with Crippen LogP contribution in [0.3, 0.4) is 0 Å². The highest BCUT2D eigenvalue weighted by Gasteiger charge is 2.06. The van der Waals surface area contributed by atoms with Crippen LogP contribution in [-0.2, 0) is 4.79 Å². The molecule has 0 radical (unpaired) electrons. The van der Waals surface area contributed by atoms with E-state index in [0.29, 0.717) is 0 Å². The zero-order valence-electron chi connectivity index (χ0n) is 5.50. The van der Waals surface area contributed by atoms with Gasteiger partial charge in [-0.1, -0.05) is 6.92 Å². The van der Waals surface area contributed by atoms with Gasteiger partial charge in [-0.2, -0.15) is 4.99 Å². The van der Waals surface area contributed by atoms with Crippen molar-refractivity contribution in [1.82, 2.24) is 0 Å². The Hall–Kier alpha value is -1.39. The second-order valence-corrected chi connectivity index (χ2v) is 1.56. The minimum atomic E-state index is -1.21. The predicted molar refractivity (Wildman–Crippen MR) is 34.9 cm³/mol. The molecule has 5 heteroatoms. The summed E-state index contributed by atoms with van der Waals surface area (Å²) in [6.45, 7) is 1.58. The molecule has 10 heavy (non-hydrogen) atoms. The number of carbonyl (C=O) groups is 2. The van der Waals surface area contributed by atoms with Gasteiger partial charge in [0.25, 0.3) is 0 Å². The number of carbonyl (C=O) groups excluding carboxylic acids is 1. The Bertz CT molecular complexity index is 185. The normalized spacial score (nSPS) is 11.1. The molecule has 0 saturated carbocycles. The third-order valence-electron chi connectivity index (χ3n) is 0.827. The van der Waals surface area contributed by atoms with E-state index >= 15 is 0 Å². The van der Waals surface area contributed by atoms with E-state index in [1.54, 1.807) is 6.92 Å². The maximum Gasteiger partial charge on any atom is 0.350 e. The van der Waals surface area contributed by atoms with E-state index in [2.05, 4.69) is 10.7 Å². The standard InChI is InChI=1S/C5H8N2O3/c1-2-3(4(8)9)7-5(6)10/h2H2,1H3,(H2,6,10)(H,8,9)/b7-3+. The molecule has 0 bridgehead atoms. The van der Waals surface area contributed by atoms with Crippen LogP contribution >= 0.6 is 0 Å². The molecule has 5 nitrogen and oxygen atoms in total. The highest BCUT2D eigenvalue weighted by Crippen LogP contribution is 1.85. The number of hydrogen-bond acceptors (Lipinski definition) is 2. The average Bonchev–Trinajstić information content (AvgIpc) is 1.81. The number of aliphatic imine (C=N–C) groups is 1. The van der Waals surface area contributed by atoms with Crippen LogP contribution in [0.4, 0.5) is 4.79 Å². The Morgan fingerprint density at radius 1 is 1.60 bits per heavy atom. The molecule has 0 saturated heterocycles. The summed E-state index contributed by atoms with van der Waals surface area (Å²) in [7, 11) is 0. The third kappa shape index (κ3) is 2.81. The van der Waals surface area contributed by atoms with E-state index in [-0.39, 0.29) is 12.1 Å². The predicted octanol–water partition coefficient (Wildman–Crippen LogP) is 0.000700. The van der Waals surface area contributed by atoms with Crippen molar-refractivity contribution in [2.24, 2.45) is 10.7 Å². The molecule has 56 valence electrons. The molecular formula is C5H8N2O3. The molecule has 0 rings (SSSR count). The summed E-state index contributed by atoms with van der Waals surface area (Å²) in [4.78, 5) is 23.2. The number of amides is 2. The molecule has 0 heterocycles. The van der Waals surface area contributed by atoms with E-state index in [1.165, 1.54) is 0 Å². The summed E-state index contributed by atoms with van der Waals surface area (Å²) in [5, 5.41) is 8.28. The van der Waals surface area contributed by atoms with Gasteiger partial charge in [0.2, 0.25) is 0 Å². The summed E-state index contributed by atoms with van der Waals surface area (Å²) in [6, 6.07) is -0.973. The third-order valence-corrected chi connectivity index (χ3v) is 0.827. The van der Waals surface area contributed by atoms with Crippen molar-refractivity contribution < 1.29 is 14.7 Å². The number of aliphatic carboxylic acids is 1. The van der Waals surface area contributed by atoms with Crippen LogP contribution in [0.15, 0.2) is 4.99 Å². The molecule has 0 aromatic carbocycles. The maximum atomic E-state index is 10.1. The van der Waals surface area contributed by atoms with E-state index in [1.807, 2.05) is 0 Å². The molecule has 0 aromatic rings. The first-order valence-electron chi connectivity index (χ1n) is 2.68. The quantitative estimate of drug-likeness (QED) is 0.534. The van der Waals surface area contributed by atoms with Gasteiger partial charge in [-0.05, 0) is 6.42 Å². The average molecular weight is 144 g/mol. The largest absolute Gasteiger partial charge is 0.477 e. The zero-order valence-corrected chi connectivity index (χ0v) is 5.50. The minimum absolute atomic E-state index is 0.193. The number of urea groups is 1. The number of hydrogen-bond donors (Lipinski definition) is 2. The molecule has 0 aliphatic rings. The Morgan fingerprint density at radius 3 is 2.20 bits per heavy atom. The van der Waals surface area contributed by atoms with Gasteiger partial charge in [-0.25, -0.2) is 9.59 Å².